The average molecular weight is 186 g/mol. The van der Waals surface area contributed by atoms with Crippen molar-refractivity contribution >= 4 is 0 Å². The Labute approximate surface area is 85.1 Å². The first kappa shape index (κ1) is 10.6. The molecular weight excluding hydrogens is 172 g/mol. The molecule has 0 amide bonds. The highest BCUT2D eigenvalue weighted by Gasteiger charge is 1.96. The van der Waals surface area contributed by atoms with E-state index in [1.165, 1.54) is 0 Å². The Morgan fingerprint density at radius 2 is 2.07 bits per heavy atom. The van der Waals surface area contributed by atoms with Crippen LogP contribution in [-0.4, -0.2) is 11.2 Å². The van der Waals surface area contributed by atoms with Crippen LogP contribution in [0.1, 0.15) is 18.4 Å². The second kappa shape index (κ2) is 6.01. The number of rotatable bonds is 3. The molecule has 0 radical (unpaired) electrons. The topological polar surface area (TPSA) is 20.2 Å². The second-order valence-electron chi connectivity index (χ2n) is 3.05. The van der Waals surface area contributed by atoms with Gasteiger partial charge < -0.3 is 5.11 Å². The minimum atomic E-state index is -0.385. The lowest BCUT2D eigenvalue weighted by Crippen LogP contribution is -2.02. The molecule has 0 aromatic heterocycles. The Morgan fingerprint density at radius 3 is 2.71 bits per heavy atom. The van der Waals surface area contributed by atoms with Gasteiger partial charge in [0.25, 0.3) is 0 Å². The highest BCUT2D eigenvalue weighted by molar-refractivity contribution is 5.33. The first-order valence-electron chi connectivity index (χ1n) is 4.66. The van der Waals surface area contributed by atoms with Crippen LogP contribution in [0, 0.1) is 11.8 Å². The smallest absolute Gasteiger partial charge is 0.0683 e. The molecular formula is C13H14O. The molecule has 0 spiro atoms. The predicted molar refractivity (Wildman–Crippen MR) is 58.8 cm³/mol. The van der Waals surface area contributed by atoms with Crippen molar-refractivity contribution in [1.29, 1.82) is 0 Å². The van der Waals surface area contributed by atoms with Crippen molar-refractivity contribution in [3.8, 4) is 11.8 Å². The van der Waals surface area contributed by atoms with E-state index < -0.39 is 0 Å². The molecule has 1 N–H and O–H groups in total. The summed E-state index contributed by atoms with van der Waals surface area (Å²) in [5.41, 5.74) is 0.985. The van der Waals surface area contributed by atoms with Gasteiger partial charge in [0, 0.05) is 12.0 Å². The SMILES string of the molecule is C=CCC(O)CC#Cc1ccccc1. The summed E-state index contributed by atoms with van der Waals surface area (Å²) in [6.45, 7) is 3.56. The minimum absolute atomic E-state index is 0.385. The second-order valence-corrected chi connectivity index (χ2v) is 3.05. The lowest BCUT2D eigenvalue weighted by atomic mass is 10.1. The number of hydrogen-bond acceptors (Lipinski definition) is 1. The fourth-order valence-corrected chi connectivity index (χ4v) is 1.07. The molecule has 14 heavy (non-hydrogen) atoms. The van der Waals surface area contributed by atoms with E-state index in [-0.39, 0.29) is 6.10 Å². The van der Waals surface area contributed by atoms with Gasteiger partial charge in [-0.15, -0.1) is 6.58 Å². The Hall–Kier alpha value is -1.52. The molecule has 1 aromatic carbocycles. The molecule has 1 nitrogen and oxygen atoms in total. The summed E-state index contributed by atoms with van der Waals surface area (Å²) in [7, 11) is 0. The Morgan fingerprint density at radius 1 is 1.36 bits per heavy atom. The molecule has 72 valence electrons. The van der Waals surface area contributed by atoms with Gasteiger partial charge in [0.05, 0.1) is 6.10 Å². The van der Waals surface area contributed by atoms with E-state index in [0.717, 1.165) is 5.56 Å². The fraction of sp³-hybridized carbons (Fsp3) is 0.231. The monoisotopic (exact) mass is 186 g/mol. The van der Waals surface area contributed by atoms with Gasteiger partial charge >= 0.3 is 0 Å². The molecule has 0 heterocycles. The van der Waals surface area contributed by atoms with Crippen molar-refractivity contribution < 1.29 is 5.11 Å². The summed E-state index contributed by atoms with van der Waals surface area (Å²) >= 11 is 0. The first-order chi connectivity index (χ1) is 6.83. The highest BCUT2D eigenvalue weighted by atomic mass is 16.3. The average Bonchev–Trinajstić information content (AvgIpc) is 2.20. The summed E-state index contributed by atoms with van der Waals surface area (Å²) in [6.07, 6.45) is 2.42. The van der Waals surface area contributed by atoms with Gasteiger partial charge in [0.15, 0.2) is 0 Å². The van der Waals surface area contributed by atoms with Crippen molar-refractivity contribution in [3.05, 3.63) is 48.6 Å². The van der Waals surface area contributed by atoms with E-state index in [4.69, 9.17) is 0 Å². The van der Waals surface area contributed by atoms with Gasteiger partial charge in [-0.3, -0.25) is 0 Å². The van der Waals surface area contributed by atoms with E-state index in [1.807, 2.05) is 30.3 Å². The summed E-state index contributed by atoms with van der Waals surface area (Å²) in [4.78, 5) is 0. The molecule has 1 aromatic rings. The van der Waals surface area contributed by atoms with Crippen LogP contribution >= 0.6 is 0 Å². The summed E-state index contributed by atoms with van der Waals surface area (Å²) < 4.78 is 0. The first-order valence-corrected chi connectivity index (χ1v) is 4.66. The van der Waals surface area contributed by atoms with Crippen LogP contribution < -0.4 is 0 Å². The van der Waals surface area contributed by atoms with Gasteiger partial charge in [0.1, 0.15) is 0 Å². The summed E-state index contributed by atoms with van der Waals surface area (Å²) in [6, 6.07) is 9.76. The maximum absolute atomic E-state index is 9.35. The van der Waals surface area contributed by atoms with Crippen LogP contribution in [0.15, 0.2) is 43.0 Å². The van der Waals surface area contributed by atoms with Crippen LogP contribution in [0.25, 0.3) is 0 Å². The molecule has 0 fully saturated rings. The lowest BCUT2D eigenvalue weighted by Gasteiger charge is -2.00. The molecule has 0 saturated heterocycles. The summed E-state index contributed by atoms with van der Waals surface area (Å²) in [5.74, 6) is 5.93. The van der Waals surface area contributed by atoms with Gasteiger partial charge in [-0.2, -0.15) is 0 Å². The molecule has 1 heteroatoms. The molecule has 0 aliphatic rings. The van der Waals surface area contributed by atoms with E-state index in [1.54, 1.807) is 6.08 Å². The maximum Gasteiger partial charge on any atom is 0.0683 e. The summed E-state index contributed by atoms with van der Waals surface area (Å²) in [5, 5.41) is 9.35. The Balaban J connectivity index is 2.45. The van der Waals surface area contributed by atoms with Crippen molar-refractivity contribution in [2.75, 3.05) is 0 Å². The zero-order valence-corrected chi connectivity index (χ0v) is 8.11. The highest BCUT2D eigenvalue weighted by Crippen LogP contribution is 1.98. The molecule has 1 rings (SSSR count). The lowest BCUT2D eigenvalue weighted by molar-refractivity contribution is 0.184. The normalized spacial score (nSPS) is 11.2. The van der Waals surface area contributed by atoms with Crippen molar-refractivity contribution in [2.24, 2.45) is 0 Å². The third-order valence-corrected chi connectivity index (χ3v) is 1.78. The third-order valence-electron chi connectivity index (χ3n) is 1.78. The van der Waals surface area contributed by atoms with Crippen LogP contribution in [0.2, 0.25) is 0 Å². The standard InChI is InChI=1S/C13H14O/c1-2-7-13(14)11-6-10-12-8-4-3-5-9-12/h2-5,8-9,13-14H,1,7,11H2. The van der Waals surface area contributed by atoms with Crippen LogP contribution in [0.3, 0.4) is 0 Å². The maximum atomic E-state index is 9.35. The zero-order chi connectivity index (χ0) is 10.2. The molecule has 0 aliphatic heterocycles. The molecule has 1 unspecified atom stereocenters. The van der Waals surface area contributed by atoms with Gasteiger partial charge in [-0.1, -0.05) is 36.1 Å². The van der Waals surface area contributed by atoms with Gasteiger partial charge in [-0.25, -0.2) is 0 Å². The molecule has 1 atom stereocenters. The number of benzene rings is 1. The van der Waals surface area contributed by atoms with Crippen LogP contribution in [0.4, 0.5) is 0 Å². The number of aliphatic hydroxyl groups is 1. The van der Waals surface area contributed by atoms with Crippen molar-refractivity contribution in [3.63, 3.8) is 0 Å². The van der Waals surface area contributed by atoms with E-state index >= 15 is 0 Å². The number of hydrogen-bond donors (Lipinski definition) is 1. The molecule has 0 saturated carbocycles. The van der Waals surface area contributed by atoms with E-state index in [9.17, 15) is 5.11 Å². The largest absolute Gasteiger partial charge is 0.392 e. The van der Waals surface area contributed by atoms with Crippen molar-refractivity contribution in [1.82, 2.24) is 0 Å². The van der Waals surface area contributed by atoms with E-state index in [2.05, 4.69) is 18.4 Å². The number of aliphatic hydroxyl groups excluding tert-OH is 1. The van der Waals surface area contributed by atoms with E-state index in [0.29, 0.717) is 12.8 Å². The Bertz CT molecular complexity index is 329. The molecule has 0 aliphatic carbocycles. The zero-order valence-electron chi connectivity index (χ0n) is 8.11. The van der Waals surface area contributed by atoms with Crippen molar-refractivity contribution in [2.45, 2.75) is 18.9 Å². The van der Waals surface area contributed by atoms with Gasteiger partial charge in [0.2, 0.25) is 0 Å². The quantitative estimate of drug-likeness (QED) is 0.567. The van der Waals surface area contributed by atoms with Crippen LogP contribution in [0.5, 0.6) is 0 Å². The predicted octanol–water partition coefficient (Wildman–Crippen LogP) is 2.37. The molecule has 0 bridgehead atoms. The minimum Gasteiger partial charge on any atom is -0.392 e. The Kier molecular flexibility index (Phi) is 4.54. The third kappa shape index (κ3) is 3.93. The van der Waals surface area contributed by atoms with Gasteiger partial charge in [-0.05, 0) is 18.6 Å². The van der Waals surface area contributed by atoms with Crippen LogP contribution in [-0.2, 0) is 0 Å². The fourth-order valence-electron chi connectivity index (χ4n) is 1.07.